The average Bonchev–Trinajstić information content (AvgIpc) is 2.39. The first-order valence-electron chi connectivity index (χ1n) is 6.90. The van der Waals surface area contributed by atoms with Crippen molar-refractivity contribution in [2.45, 2.75) is 32.6 Å². The number of aryl methyl sites for hydroxylation is 1. The number of hydrogen-bond acceptors (Lipinski definition) is 3. The maximum atomic E-state index is 11.5. The predicted molar refractivity (Wildman–Crippen MR) is 81.4 cm³/mol. The van der Waals surface area contributed by atoms with Crippen molar-refractivity contribution in [3.63, 3.8) is 0 Å². The Bertz CT molecular complexity index is 465. The summed E-state index contributed by atoms with van der Waals surface area (Å²) in [6, 6.07) is 8.51. The molecule has 0 amide bonds. The molecular weight excluding hydrogens is 258 g/mol. The molecule has 0 aliphatic carbocycles. The molecule has 0 fully saturated rings. The summed E-state index contributed by atoms with van der Waals surface area (Å²) in [4.78, 5) is 0. The highest BCUT2D eigenvalue weighted by Crippen LogP contribution is 2.21. The minimum absolute atomic E-state index is 0.244. The fourth-order valence-corrected chi connectivity index (χ4v) is 3.06. The van der Waals surface area contributed by atoms with Gasteiger partial charge in [-0.1, -0.05) is 36.8 Å². The zero-order valence-electron chi connectivity index (χ0n) is 12.1. The summed E-state index contributed by atoms with van der Waals surface area (Å²) in [6.45, 7) is 4.67. The topological polar surface area (TPSA) is 46.2 Å². The van der Waals surface area contributed by atoms with Crippen LogP contribution in [0.3, 0.4) is 0 Å². The summed E-state index contributed by atoms with van der Waals surface area (Å²) in [5.41, 5.74) is 2.54. The number of nitrogens with one attached hydrogen (secondary N) is 1. The highest BCUT2D eigenvalue weighted by Gasteiger charge is 2.13. The molecule has 19 heavy (non-hydrogen) atoms. The zero-order chi connectivity index (χ0) is 14.3. The quantitative estimate of drug-likeness (QED) is 0.797. The fraction of sp³-hybridized carbons (Fsp3) is 0.600. The Balaban J connectivity index is 2.61. The lowest BCUT2D eigenvalue weighted by atomic mass is 9.94. The van der Waals surface area contributed by atoms with E-state index in [0.29, 0.717) is 11.7 Å². The number of benzene rings is 1. The van der Waals surface area contributed by atoms with Gasteiger partial charge in [0.25, 0.3) is 0 Å². The van der Waals surface area contributed by atoms with Gasteiger partial charge in [0, 0.05) is 12.3 Å². The van der Waals surface area contributed by atoms with E-state index in [1.165, 1.54) is 11.1 Å². The summed E-state index contributed by atoms with van der Waals surface area (Å²) in [5.74, 6) is 0.932. The van der Waals surface area contributed by atoms with E-state index in [-0.39, 0.29) is 5.75 Å². The lowest BCUT2D eigenvalue weighted by molar-refractivity contribution is 0.562. The van der Waals surface area contributed by atoms with Crippen LogP contribution in [0.1, 0.15) is 36.8 Å². The van der Waals surface area contributed by atoms with Crippen molar-refractivity contribution < 1.29 is 8.42 Å². The first-order chi connectivity index (χ1) is 8.98. The van der Waals surface area contributed by atoms with Crippen molar-refractivity contribution >= 4 is 9.84 Å². The number of rotatable bonds is 8. The van der Waals surface area contributed by atoms with E-state index in [1.54, 1.807) is 6.92 Å². The maximum Gasteiger partial charge on any atom is 0.150 e. The van der Waals surface area contributed by atoms with Gasteiger partial charge in [-0.15, -0.1) is 0 Å². The smallest absolute Gasteiger partial charge is 0.150 e. The molecule has 0 aliphatic rings. The van der Waals surface area contributed by atoms with E-state index in [2.05, 4.69) is 36.5 Å². The van der Waals surface area contributed by atoms with Gasteiger partial charge in [-0.2, -0.15) is 0 Å². The van der Waals surface area contributed by atoms with Gasteiger partial charge in [0.15, 0.2) is 0 Å². The monoisotopic (exact) mass is 283 g/mol. The van der Waals surface area contributed by atoms with Gasteiger partial charge in [-0.25, -0.2) is 8.42 Å². The van der Waals surface area contributed by atoms with Crippen LogP contribution in [0.5, 0.6) is 0 Å². The van der Waals surface area contributed by atoms with E-state index >= 15 is 0 Å². The van der Waals surface area contributed by atoms with Crippen molar-refractivity contribution in [2.24, 2.45) is 0 Å². The Hall–Kier alpha value is -0.870. The molecular formula is C15H25NO2S. The normalized spacial score (nSPS) is 13.4. The Morgan fingerprint density at radius 1 is 1.21 bits per heavy atom. The van der Waals surface area contributed by atoms with Crippen molar-refractivity contribution in [2.75, 3.05) is 25.1 Å². The molecule has 1 aromatic rings. The molecule has 4 heteroatoms. The largest absolute Gasteiger partial charge is 0.319 e. The summed E-state index contributed by atoms with van der Waals surface area (Å²) >= 11 is 0. The second-order valence-corrected chi connectivity index (χ2v) is 7.52. The SMILES string of the molecule is CCS(=O)(=O)CCCC(CNC)c1ccc(C)cc1. The average molecular weight is 283 g/mol. The third kappa shape index (κ3) is 5.74. The summed E-state index contributed by atoms with van der Waals surface area (Å²) in [5, 5.41) is 3.19. The Morgan fingerprint density at radius 3 is 2.37 bits per heavy atom. The fourth-order valence-electron chi connectivity index (χ4n) is 2.17. The molecule has 0 heterocycles. The van der Waals surface area contributed by atoms with Crippen LogP contribution in [-0.2, 0) is 9.84 Å². The Morgan fingerprint density at radius 2 is 1.84 bits per heavy atom. The zero-order valence-corrected chi connectivity index (χ0v) is 13.0. The Labute approximate surface area is 117 Å². The highest BCUT2D eigenvalue weighted by molar-refractivity contribution is 7.91. The standard InChI is InChI=1S/C15H25NO2S/c1-4-19(17,18)11-5-6-15(12-16-3)14-9-7-13(2)8-10-14/h7-10,15-16H,4-6,11-12H2,1-3H3. The number of hydrogen-bond donors (Lipinski definition) is 1. The van der Waals surface area contributed by atoms with Gasteiger partial charge < -0.3 is 5.32 Å². The maximum absolute atomic E-state index is 11.5. The molecule has 108 valence electrons. The molecule has 0 aromatic heterocycles. The van der Waals surface area contributed by atoms with E-state index < -0.39 is 9.84 Å². The second kappa shape index (κ2) is 7.65. The van der Waals surface area contributed by atoms with Gasteiger partial charge in [0.05, 0.1) is 5.75 Å². The lowest BCUT2D eigenvalue weighted by Crippen LogP contribution is -2.18. The Kier molecular flexibility index (Phi) is 6.52. The third-order valence-electron chi connectivity index (χ3n) is 3.45. The van der Waals surface area contributed by atoms with Crippen LogP contribution in [0.4, 0.5) is 0 Å². The lowest BCUT2D eigenvalue weighted by Gasteiger charge is -2.17. The number of likely N-dealkylation sites (N-methyl/N-ethyl adjacent to an activating group) is 1. The first-order valence-corrected chi connectivity index (χ1v) is 8.72. The van der Waals surface area contributed by atoms with Crippen LogP contribution in [0.2, 0.25) is 0 Å². The van der Waals surface area contributed by atoms with Gasteiger partial charge >= 0.3 is 0 Å². The van der Waals surface area contributed by atoms with Crippen LogP contribution in [0.15, 0.2) is 24.3 Å². The van der Waals surface area contributed by atoms with Crippen LogP contribution >= 0.6 is 0 Å². The van der Waals surface area contributed by atoms with Crippen molar-refractivity contribution in [1.82, 2.24) is 5.32 Å². The second-order valence-electron chi connectivity index (χ2n) is 5.04. The molecule has 1 unspecified atom stereocenters. The van der Waals surface area contributed by atoms with Crippen LogP contribution in [0, 0.1) is 6.92 Å². The summed E-state index contributed by atoms with van der Waals surface area (Å²) < 4.78 is 23.0. The van der Waals surface area contributed by atoms with Crippen LogP contribution < -0.4 is 5.32 Å². The van der Waals surface area contributed by atoms with E-state index in [0.717, 1.165) is 19.4 Å². The molecule has 0 saturated carbocycles. The third-order valence-corrected chi connectivity index (χ3v) is 5.24. The molecule has 0 spiro atoms. The van der Waals surface area contributed by atoms with Gasteiger partial charge in [0.1, 0.15) is 9.84 Å². The van der Waals surface area contributed by atoms with Gasteiger partial charge in [0.2, 0.25) is 0 Å². The predicted octanol–water partition coefficient (Wildman–Crippen LogP) is 2.51. The molecule has 1 aromatic carbocycles. The first kappa shape index (κ1) is 16.2. The molecule has 3 nitrogen and oxygen atoms in total. The van der Waals surface area contributed by atoms with Crippen molar-refractivity contribution in [3.8, 4) is 0 Å². The summed E-state index contributed by atoms with van der Waals surface area (Å²) in [7, 11) is -0.905. The number of sulfone groups is 1. The molecule has 0 radical (unpaired) electrons. The van der Waals surface area contributed by atoms with Gasteiger partial charge in [-0.3, -0.25) is 0 Å². The van der Waals surface area contributed by atoms with Crippen molar-refractivity contribution in [3.05, 3.63) is 35.4 Å². The molecule has 0 saturated heterocycles. The molecule has 0 bridgehead atoms. The van der Waals surface area contributed by atoms with Crippen molar-refractivity contribution in [1.29, 1.82) is 0 Å². The molecule has 1 N–H and O–H groups in total. The van der Waals surface area contributed by atoms with Crippen LogP contribution in [0.25, 0.3) is 0 Å². The van der Waals surface area contributed by atoms with Crippen LogP contribution in [-0.4, -0.2) is 33.5 Å². The summed E-state index contributed by atoms with van der Waals surface area (Å²) in [6.07, 6.45) is 1.64. The van der Waals surface area contributed by atoms with Gasteiger partial charge in [-0.05, 0) is 38.3 Å². The molecule has 0 aliphatic heterocycles. The minimum atomic E-state index is -2.84. The molecule has 1 atom stereocenters. The van der Waals surface area contributed by atoms with E-state index in [4.69, 9.17) is 0 Å². The highest BCUT2D eigenvalue weighted by atomic mass is 32.2. The van der Waals surface area contributed by atoms with E-state index in [9.17, 15) is 8.42 Å². The van der Waals surface area contributed by atoms with E-state index in [1.807, 2.05) is 7.05 Å². The molecule has 1 rings (SSSR count). The minimum Gasteiger partial charge on any atom is -0.319 e.